The molecule has 3 rings (SSSR count). The maximum Gasteiger partial charge on any atom is 0.349 e. The molecule has 0 aromatic heterocycles. The number of aliphatic carboxylic acids is 1. The molecular formula is C30H26FNO13. The molecule has 14 nitrogen and oxygen atoms in total. The van der Waals surface area contributed by atoms with E-state index in [1.165, 1.54) is 26.4 Å². The summed E-state index contributed by atoms with van der Waals surface area (Å²) in [7, 11) is 2.45. The van der Waals surface area contributed by atoms with Crippen LogP contribution in [-0.2, 0) is 28.7 Å². The Labute approximate surface area is 254 Å². The Morgan fingerprint density at radius 2 is 1.11 bits per heavy atom. The Morgan fingerprint density at radius 3 is 1.51 bits per heavy atom. The van der Waals surface area contributed by atoms with Crippen molar-refractivity contribution in [3.05, 3.63) is 77.6 Å². The van der Waals surface area contributed by atoms with E-state index in [0.29, 0.717) is 0 Å². The topological polar surface area (TPSA) is 190 Å². The van der Waals surface area contributed by atoms with Crippen LogP contribution in [0.1, 0.15) is 34.6 Å². The van der Waals surface area contributed by atoms with Gasteiger partial charge in [-0.15, -0.1) is 0 Å². The van der Waals surface area contributed by atoms with Gasteiger partial charge in [0.1, 0.15) is 5.82 Å². The van der Waals surface area contributed by atoms with E-state index in [1.807, 2.05) is 0 Å². The standard InChI is InChI=1S/C30H26FNO13/c1-15(33)42-21-11-5-17(13-23(21)40-3)29(38)44-25(27(35)32-20-9-7-19(31)8-10-20)26(28(36)37)45-30(39)18-6-12-22(43-16(2)34)24(14-18)41-4/h5-14,25-26H,1-4H3,(H,32,35)(H,36,37)/t25-,26+/m0/s1. The summed E-state index contributed by atoms with van der Waals surface area (Å²) < 4.78 is 44.0. The van der Waals surface area contributed by atoms with Crippen LogP contribution in [0.2, 0.25) is 0 Å². The summed E-state index contributed by atoms with van der Waals surface area (Å²) in [6.45, 7) is 2.28. The Hall–Kier alpha value is -5.99. The fraction of sp³-hybridized carbons (Fsp3) is 0.200. The molecule has 0 radical (unpaired) electrons. The summed E-state index contributed by atoms with van der Waals surface area (Å²) in [5.74, 6) is -7.87. The molecule has 3 aromatic rings. The highest BCUT2D eigenvalue weighted by Gasteiger charge is 2.41. The van der Waals surface area contributed by atoms with Crippen LogP contribution in [0.5, 0.6) is 23.0 Å². The lowest BCUT2D eigenvalue weighted by atomic mass is 10.1. The summed E-state index contributed by atoms with van der Waals surface area (Å²) in [6, 6.07) is 11.2. The van der Waals surface area contributed by atoms with Gasteiger partial charge in [0.2, 0.25) is 12.2 Å². The van der Waals surface area contributed by atoms with E-state index in [2.05, 4.69) is 5.32 Å². The summed E-state index contributed by atoms with van der Waals surface area (Å²) in [5.41, 5.74) is -0.538. The molecule has 236 valence electrons. The van der Waals surface area contributed by atoms with Crippen LogP contribution in [0, 0.1) is 5.82 Å². The minimum atomic E-state index is -2.41. The molecule has 0 fully saturated rings. The maximum absolute atomic E-state index is 13.4. The number of ether oxygens (including phenoxy) is 6. The predicted octanol–water partition coefficient (Wildman–Crippen LogP) is 3.17. The number of benzene rings is 3. The molecule has 0 unspecified atom stereocenters. The fourth-order valence-corrected chi connectivity index (χ4v) is 3.68. The highest BCUT2D eigenvalue weighted by Crippen LogP contribution is 2.30. The largest absolute Gasteiger partial charge is 0.493 e. The number of carbonyl (C=O) groups is 6. The van der Waals surface area contributed by atoms with Crippen LogP contribution in [0.4, 0.5) is 10.1 Å². The molecule has 0 bridgehead atoms. The van der Waals surface area contributed by atoms with Gasteiger partial charge in [0.15, 0.2) is 23.0 Å². The fourth-order valence-electron chi connectivity index (χ4n) is 3.68. The third-order valence-corrected chi connectivity index (χ3v) is 5.66. The zero-order valence-corrected chi connectivity index (χ0v) is 24.2. The Bertz CT molecular complexity index is 1620. The monoisotopic (exact) mass is 627 g/mol. The van der Waals surface area contributed by atoms with Gasteiger partial charge in [0.25, 0.3) is 5.91 Å². The molecular weight excluding hydrogens is 601 g/mol. The highest BCUT2D eigenvalue weighted by molar-refractivity contribution is 6.01. The number of methoxy groups -OCH3 is 2. The van der Waals surface area contributed by atoms with Crippen LogP contribution >= 0.6 is 0 Å². The van der Waals surface area contributed by atoms with Crippen molar-refractivity contribution in [2.24, 2.45) is 0 Å². The van der Waals surface area contributed by atoms with Gasteiger partial charge in [0.05, 0.1) is 25.3 Å². The second-order valence-corrected chi connectivity index (χ2v) is 8.90. The molecule has 0 aliphatic rings. The average molecular weight is 628 g/mol. The Morgan fingerprint density at radius 1 is 0.667 bits per heavy atom. The number of rotatable bonds is 12. The van der Waals surface area contributed by atoms with E-state index in [-0.39, 0.29) is 39.8 Å². The van der Waals surface area contributed by atoms with Crippen LogP contribution in [0.25, 0.3) is 0 Å². The van der Waals surface area contributed by atoms with Gasteiger partial charge in [-0.3, -0.25) is 14.4 Å². The van der Waals surface area contributed by atoms with Crippen molar-refractivity contribution < 1.29 is 66.7 Å². The van der Waals surface area contributed by atoms with Gasteiger partial charge in [-0.2, -0.15) is 0 Å². The van der Waals surface area contributed by atoms with Gasteiger partial charge in [-0.1, -0.05) is 0 Å². The lowest BCUT2D eigenvalue weighted by Crippen LogP contribution is -2.48. The minimum Gasteiger partial charge on any atom is -0.493 e. The first-order valence-corrected chi connectivity index (χ1v) is 12.8. The molecule has 1 amide bonds. The van der Waals surface area contributed by atoms with Crippen molar-refractivity contribution in [3.8, 4) is 23.0 Å². The molecule has 0 aliphatic heterocycles. The summed E-state index contributed by atoms with van der Waals surface area (Å²) in [6.07, 6.45) is -4.71. The SMILES string of the molecule is COc1cc(C(=O)O[C@H](C(=O)Nc2ccc(F)cc2)[C@@H](OC(=O)c2ccc(OC(C)=O)c(OC)c2)C(=O)O)ccc1OC(C)=O. The molecule has 0 heterocycles. The molecule has 15 heteroatoms. The Kier molecular flexibility index (Phi) is 11.1. The average Bonchev–Trinajstić information content (AvgIpc) is 2.99. The number of halogens is 1. The van der Waals surface area contributed by atoms with Crippen molar-refractivity contribution in [2.45, 2.75) is 26.1 Å². The van der Waals surface area contributed by atoms with Gasteiger partial charge in [-0.05, 0) is 60.7 Å². The summed E-state index contributed by atoms with van der Waals surface area (Å²) >= 11 is 0. The molecule has 45 heavy (non-hydrogen) atoms. The second-order valence-electron chi connectivity index (χ2n) is 8.90. The van der Waals surface area contributed by atoms with Crippen LogP contribution in [-0.4, -0.2) is 67.3 Å². The molecule has 2 atom stereocenters. The molecule has 0 saturated heterocycles. The van der Waals surface area contributed by atoms with Gasteiger partial charge < -0.3 is 38.8 Å². The number of carboxylic acids is 1. The number of carbonyl (C=O) groups excluding carboxylic acids is 5. The van der Waals surface area contributed by atoms with Crippen LogP contribution in [0.3, 0.4) is 0 Å². The molecule has 0 saturated carbocycles. The van der Waals surface area contributed by atoms with Gasteiger partial charge in [-0.25, -0.2) is 18.8 Å². The van der Waals surface area contributed by atoms with Crippen molar-refractivity contribution >= 4 is 41.4 Å². The molecule has 0 spiro atoms. The number of hydrogen-bond donors (Lipinski definition) is 2. The lowest BCUT2D eigenvalue weighted by Gasteiger charge is -2.24. The quantitative estimate of drug-likeness (QED) is 0.220. The number of anilines is 1. The van der Waals surface area contributed by atoms with E-state index in [4.69, 9.17) is 28.4 Å². The van der Waals surface area contributed by atoms with E-state index < -0.39 is 53.8 Å². The van der Waals surface area contributed by atoms with Crippen molar-refractivity contribution in [1.82, 2.24) is 0 Å². The van der Waals surface area contributed by atoms with E-state index in [1.54, 1.807) is 0 Å². The zero-order valence-electron chi connectivity index (χ0n) is 24.2. The third-order valence-electron chi connectivity index (χ3n) is 5.66. The predicted molar refractivity (Wildman–Crippen MR) is 150 cm³/mol. The first-order chi connectivity index (χ1) is 21.3. The smallest absolute Gasteiger partial charge is 0.349 e. The van der Waals surface area contributed by atoms with Crippen molar-refractivity contribution in [1.29, 1.82) is 0 Å². The maximum atomic E-state index is 13.4. The Balaban J connectivity index is 1.96. The molecule has 2 N–H and O–H groups in total. The number of nitrogens with one attached hydrogen (secondary N) is 1. The van der Waals surface area contributed by atoms with Crippen molar-refractivity contribution in [2.75, 3.05) is 19.5 Å². The number of amides is 1. The zero-order chi connectivity index (χ0) is 33.3. The van der Waals surface area contributed by atoms with Gasteiger partial charge >= 0.3 is 29.8 Å². The van der Waals surface area contributed by atoms with E-state index in [0.717, 1.165) is 62.4 Å². The van der Waals surface area contributed by atoms with Crippen molar-refractivity contribution in [3.63, 3.8) is 0 Å². The van der Waals surface area contributed by atoms with Crippen LogP contribution in [0.15, 0.2) is 60.7 Å². The summed E-state index contributed by atoms with van der Waals surface area (Å²) in [5, 5.41) is 12.3. The number of esters is 4. The first kappa shape index (κ1) is 33.5. The molecule has 0 aliphatic carbocycles. The first-order valence-electron chi connectivity index (χ1n) is 12.8. The van der Waals surface area contributed by atoms with Crippen LogP contribution < -0.4 is 24.3 Å². The van der Waals surface area contributed by atoms with E-state index >= 15 is 0 Å². The van der Waals surface area contributed by atoms with E-state index in [9.17, 15) is 38.3 Å². The van der Waals surface area contributed by atoms with Gasteiger partial charge in [0, 0.05) is 19.5 Å². The number of hydrogen-bond acceptors (Lipinski definition) is 12. The third kappa shape index (κ3) is 9.00. The second kappa shape index (κ2) is 15.0. The molecule has 3 aromatic carbocycles. The number of carboxylic acid groups (broad SMARTS) is 1. The summed E-state index contributed by atoms with van der Waals surface area (Å²) in [4.78, 5) is 74.5. The minimum absolute atomic E-state index is 0.00360. The lowest BCUT2D eigenvalue weighted by molar-refractivity contribution is -0.157. The normalized spacial score (nSPS) is 11.7. The highest BCUT2D eigenvalue weighted by atomic mass is 19.1.